The Morgan fingerprint density at radius 1 is 1.00 bits per heavy atom. The highest BCUT2D eigenvalue weighted by Gasteiger charge is 2.31. The van der Waals surface area contributed by atoms with Crippen LogP contribution in [0, 0.1) is 0 Å². The van der Waals surface area contributed by atoms with E-state index in [1.807, 2.05) is 30.3 Å². The zero-order chi connectivity index (χ0) is 23.6. The minimum absolute atomic E-state index is 0.124. The van der Waals surface area contributed by atoms with E-state index in [-0.39, 0.29) is 12.0 Å². The van der Waals surface area contributed by atoms with Gasteiger partial charge in [0.2, 0.25) is 0 Å². The van der Waals surface area contributed by atoms with Crippen LogP contribution in [0.1, 0.15) is 33.9 Å². The third-order valence-electron chi connectivity index (χ3n) is 5.17. The van der Waals surface area contributed by atoms with Gasteiger partial charge in [-0.25, -0.2) is 4.98 Å². The predicted molar refractivity (Wildman–Crippen MR) is 116 cm³/mol. The fraction of sp³-hybridized carbons (Fsp3) is 0.125. The van der Waals surface area contributed by atoms with Gasteiger partial charge in [0.15, 0.2) is 0 Å². The number of benzene rings is 3. The number of anilines is 1. The zero-order valence-electron chi connectivity index (χ0n) is 17.1. The second-order valence-electron chi connectivity index (χ2n) is 7.41. The van der Waals surface area contributed by atoms with Gasteiger partial charge < -0.3 is 15.0 Å². The van der Waals surface area contributed by atoms with Gasteiger partial charge >= 0.3 is 12.1 Å². The number of carbonyl (C=O) groups is 2. The maximum atomic E-state index is 12.9. The molecule has 4 aromatic rings. The average Bonchev–Trinajstić information content (AvgIpc) is 3.20. The van der Waals surface area contributed by atoms with Crippen molar-refractivity contribution in [2.45, 2.75) is 18.6 Å². The number of imidazole rings is 1. The van der Waals surface area contributed by atoms with Crippen LogP contribution in [0.4, 0.5) is 18.9 Å². The molecule has 0 saturated heterocycles. The highest BCUT2D eigenvalue weighted by atomic mass is 19.4. The lowest BCUT2D eigenvalue weighted by Crippen LogP contribution is -2.15. The van der Waals surface area contributed by atoms with Crippen LogP contribution in [-0.4, -0.2) is 26.5 Å². The topological polar surface area (TPSA) is 84.2 Å². The zero-order valence-corrected chi connectivity index (χ0v) is 17.1. The first-order valence-corrected chi connectivity index (χ1v) is 9.94. The van der Waals surface area contributed by atoms with Gasteiger partial charge in [-0.2, -0.15) is 13.2 Å². The van der Waals surface area contributed by atoms with Crippen LogP contribution in [0.5, 0.6) is 0 Å². The van der Waals surface area contributed by atoms with Crippen LogP contribution in [-0.2, 0) is 11.0 Å². The van der Waals surface area contributed by atoms with Gasteiger partial charge in [-0.15, -0.1) is 0 Å². The van der Waals surface area contributed by atoms with E-state index in [4.69, 9.17) is 0 Å². The van der Waals surface area contributed by atoms with Crippen molar-refractivity contribution in [2.24, 2.45) is 0 Å². The summed E-state index contributed by atoms with van der Waals surface area (Å²) in [5.41, 5.74) is 1.28. The minimum Gasteiger partial charge on any atom is -0.481 e. The van der Waals surface area contributed by atoms with Crippen LogP contribution in [0.25, 0.3) is 11.0 Å². The van der Waals surface area contributed by atoms with Gasteiger partial charge in [-0.05, 0) is 42.0 Å². The number of fused-ring (bicyclic) bond motifs is 1. The molecule has 0 saturated carbocycles. The smallest absolute Gasteiger partial charge is 0.416 e. The molecule has 168 valence electrons. The van der Waals surface area contributed by atoms with Crippen LogP contribution in [0.2, 0.25) is 0 Å². The Kier molecular flexibility index (Phi) is 5.87. The van der Waals surface area contributed by atoms with Gasteiger partial charge in [0, 0.05) is 11.3 Å². The summed E-state index contributed by atoms with van der Waals surface area (Å²) in [6.45, 7) is 0. The molecule has 0 fully saturated rings. The summed E-state index contributed by atoms with van der Waals surface area (Å²) in [4.78, 5) is 28.3. The second-order valence-corrected chi connectivity index (χ2v) is 7.41. The van der Waals surface area contributed by atoms with Crippen molar-refractivity contribution in [2.75, 3.05) is 5.32 Å². The normalized spacial score (nSPS) is 12.5. The maximum Gasteiger partial charge on any atom is 0.416 e. The molecule has 6 nitrogen and oxygen atoms in total. The standard InChI is InChI=1S/C24H18F3N3O3/c25-24(26,27)17-8-4-7-16(11-17)23(33)29-18-9-10-20-19(12-18)28-14-30(20)21(13-22(31)32)15-5-2-1-3-6-15/h1-12,14,21H,13H2,(H,29,33)(H,31,32). The summed E-state index contributed by atoms with van der Waals surface area (Å²) in [7, 11) is 0. The Morgan fingerprint density at radius 2 is 1.76 bits per heavy atom. The Labute approximate surface area is 186 Å². The summed E-state index contributed by atoms with van der Waals surface area (Å²) >= 11 is 0. The molecule has 1 heterocycles. The molecule has 33 heavy (non-hydrogen) atoms. The summed E-state index contributed by atoms with van der Waals surface area (Å²) < 4.78 is 40.5. The number of carbonyl (C=O) groups excluding carboxylic acids is 1. The molecule has 2 N–H and O–H groups in total. The van der Waals surface area contributed by atoms with E-state index in [1.165, 1.54) is 18.5 Å². The number of rotatable bonds is 6. The SMILES string of the molecule is O=C(O)CC(c1ccccc1)n1cnc2cc(NC(=O)c3cccc(C(F)(F)F)c3)ccc21. The molecular weight excluding hydrogens is 435 g/mol. The number of aromatic nitrogens is 2. The molecule has 0 bridgehead atoms. The van der Waals surface area contributed by atoms with E-state index in [0.717, 1.165) is 17.7 Å². The number of carboxylic acids is 1. The summed E-state index contributed by atoms with van der Waals surface area (Å²) in [5.74, 6) is -1.65. The Hall–Kier alpha value is -4.14. The number of carboxylic acid groups (broad SMARTS) is 1. The molecule has 1 unspecified atom stereocenters. The van der Waals surface area contributed by atoms with Gasteiger partial charge in [-0.3, -0.25) is 9.59 Å². The van der Waals surface area contributed by atoms with Gasteiger partial charge in [0.1, 0.15) is 0 Å². The molecule has 0 aliphatic rings. The molecule has 4 rings (SSSR count). The van der Waals surface area contributed by atoms with Gasteiger partial charge in [0.25, 0.3) is 5.91 Å². The third kappa shape index (κ3) is 4.87. The molecule has 9 heteroatoms. The molecule has 3 aromatic carbocycles. The van der Waals surface area contributed by atoms with Crippen molar-refractivity contribution in [3.05, 3.63) is 95.8 Å². The van der Waals surface area contributed by atoms with E-state index >= 15 is 0 Å². The summed E-state index contributed by atoms with van der Waals surface area (Å²) in [5, 5.41) is 12.0. The number of nitrogens with zero attached hydrogens (tertiary/aromatic N) is 2. The van der Waals surface area contributed by atoms with E-state index in [0.29, 0.717) is 16.7 Å². The molecule has 1 aromatic heterocycles. The third-order valence-corrected chi connectivity index (χ3v) is 5.17. The lowest BCUT2D eigenvalue weighted by molar-refractivity contribution is -0.138. The first-order chi connectivity index (χ1) is 15.7. The molecule has 0 radical (unpaired) electrons. The first kappa shape index (κ1) is 22.1. The average molecular weight is 453 g/mol. The van der Waals surface area contributed by atoms with E-state index in [2.05, 4.69) is 10.3 Å². The molecular formula is C24H18F3N3O3. The molecule has 0 aliphatic carbocycles. The van der Waals surface area contributed by atoms with Crippen molar-refractivity contribution in [3.63, 3.8) is 0 Å². The van der Waals surface area contributed by atoms with Crippen molar-refractivity contribution < 1.29 is 27.9 Å². The summed E-state index contributed by atoms with van der Waals surface area (Å²) in [6.07, 6.45) is -3.17. The van der Waals surface area contributed by atoms with E-state index in [9.17, 15) is 27.9 Å². The summed E-state index contributed by atoms with van der Waals surface area (Å²) in [6, 6.07) is 17.7. The Morgan fingerprint density at radius 3 is 2.45 bits per heavy atom. The number of aliphatic carboxylic acids is 1. The van der Waals surface area contributed by atoms with E-state index < -0.39 is 29.7 Å². The molecule has 0 spiro atoms. The minimum atomic E-state index is -4.55. The van der Waals surface area contributed by atoms with Crippen LogP contribution < -0.4 is 5.32 Å². The first-order valence-electron chi connectivity index (χ1n) is 9.94. The Bertz CT molecular complexity index is 1320. The second kappa shape index (κ2) is 8.78. The van der Waals surface area contributed by atoms with Crippen molar-refractivity contribution >= 4 is 28.6 Å². The van der Waals surface area contributed by atoms with Crippen LogP contribution in [0.15, 0.2) is 79.1 Å². The van der Waals surface area contributed by atoms with Crippen LogP contribution >= 0.6 is 0 Å². The van der Waals surface area contributed by atoms with Gasteiger partial charge in [0.05, 0.1) is 35.4 Å². The van der Waals surface area contributed by atoms with Crippen molar-refractivity contribution in [1.82, 2.24) is 9.55 Å². The predicted octanol–water partition coefficient (Wildman–Crippen LogP) is 5.37. The van der Waals surface area contributed by atoms with Crippen molar-refractivity contribution in [3.8, 4) is 0 Å². The highest BCUT2D eigenvalue weighted by Crippen LogP contribution is 2.30. The number of alkyl halides is 3. The van der Waals surface area contributed by atoms with Gasteiger partial charge in [-0.1, -0.05) is 36.4 Å². The fourth-order valence-corrected chi connectivity index (χ4v) is 3.62. The molecule has 1 amide bonds. The lowest BCUT2D eigenvalue weighted by Gasteiger charge is -2.18. The number of amides is 1. The van der Waals surface area contributed by atoms with E-state index in [1.54, 1.807) is 22.8 Å². The van der Waals surface area contributed by atoms with Crippen LogP contribution in [0.3, 0.4) is 0 Å². The number of hydrogen-bond acceptors (Lipinski definition) is 3. The fourth-order valence-electron chi connectivity index (χ4n) is 3.62. The number of halogens is 3. The molecule has 0 aliphatic heterocycles. The number of hydrogen-bond donors (Lipinski definition) is 2. The van der Waals surface area contributed by atoms with Crippen molar-refractivity contribution in [1.29, 1.82) is 0 Å². The number of nitrogens with one attached hydrogen (secondary N) is 1. The maximum absolute atomic E-state index is 12.9. The quantitative estimate of drug-likeness (QED) is 0.411. The monoisotopic (exact) mass is 453 g/mol. The highest BCUT2D eigenvalue weighted by molar-refractivity contribution is 6.05. The lowest BCUT2D eigenvalue weighted by atomic mass is 10.0. The largest absolute Gasteiger partial charge is 0.481 e. The Balaban J connectivity index is 1.61. The molecule has 1 atom stereocenters.